The molecule has 110 valence electrons. The van der Waals surface area contributed by atoms with Gasteiger partial charge in [0.25, 0.3) is 0 Å². The van der Waals surface area contributed by atoms with Crippen molar-refractivity contribution in [3.05, 3.63) is 29.8 Å². The van der Waals surface area contributed by atoms with E-state index in [0.29, 0.717) is 5.69 Å². The normalized spacial score (nSPS) is 19.1. The van der Waals surface area contributed by atoms with Crippen LogP contribution in [0.4, 0.5) is 4.39 Å². The van der Waals surface area contributed by atoms with Crippen molar-refractivity contribution in [3.63, 3.8) is 0 Å². The Morgan fingerprint density at radius 1 is 1.25 bits per heavy atom. The highest BCUT2D eigenvalue weighted by Crippen LogP contribution is 2.14. The molecule has 2 rings (SSSR count). The number of halogens is 1. The lowest BCUT2D eigenvalue weighted by molar-refractivity contribution is 0.0884. The molecule has 0 bridgehead atoms. The topological polar surface area (TPSA) is 33.2 Å². The third kappa shape index (κ3) is 4.37. The van der Waals surface area contributed by atoms with Gasteiger partial charge in [-0.05, 0) is 38.1 Å². The fourth-order valence-electron chi connectivity index (χ4n) is 2.74. The van der Waals surface area contributed by atoms with Crippen LogP contribution in [0.3, 0.4) is 0 Å². The van der Waals surface area contributed by atoms with Gasteiger partial charge in [-0.3, -0.25) is 9.78 Å². The number of likely N-dealkylation sites (tertiary alicyclic amines) is 1. The first-order valence-corrected chi connectivity index (χ1v) is 7.55. The predicted molar refractivity (Wildman–Crippen MR) is 77.2 cm³/mol. The Hall–Kier alpha value is -1.29. The largest absolute Gasteiger partial charge is 0.303 e. The Bertz CT molecular complexity index is 425. The summed E-state index contributed by atoms with van der Waals surface area (Å²) in [6.45, 7) is 4.87. The van der Waals surface area contributed by atoms with Gasteiger partial charge in [-0.2, -0.15) is 0 Å². The van der Waals surface area contributed by atoms with Crippen molar-refractivity contribution in [1.29, 1.82) is 0 Å². The molecule has 0 saturated carbocycles. The zero-order valence-electron chi connectivity index (χ0n) is 12.1. The number of Topliss-reactive ketones (excluding diaryl/α,β-unsaturated/α-hetero) is 1. The van der Waals surface area contributed by atoms with Crippen molar-refractivity contribution in [1.82, 2.24) is 9.88 Å². The van der Waals surface area contributed by atoms with Crippen molar-refractivity contribution in [2.24, 2.45) is 5.92 Å². The molecular weight excluding hydrogens is 255 g/mol. The predicted octanol–water partition coefficient (Wildman–Crippen LogP) is 3.31. The quantitative estimate of drug-likeness (QED) is 0.792. The molecule has 1 unspecified atom stereocenters. The van der Waals surface area contributed by atoms with Crippen LogP contribution in [-0.4, -0.2) is 35.3 Å². The molecule has 4 heteroatoms. The van der Waals surface area contributed by atoms with Crippen molar-refractivity contribution >= 4 is 5.78 Å². The van der Waals surface area contributed by atoms with Crippen molar-refractivity contribution in [2.45, 2.75) is 39.0 Å². The first kappa shape index (κ1) is 15.1. The van der Waals surface area contributed by atoms with E-state index in [9.17, 15) is 9.18 Å². The summed E-state index contributed by atoms with van der Waals surface area (Å²) in [5, 5.41) is 0. The van der Waals surface area contributed by atoms with Crippen LogP contribution in [0.5, 0.6) is 0 Å². The van der Waals surface area contributed by atoms with Gasteiger partial charge in [0.1, 0.15) is 11.5 Å². The van der Waals surface area contributed by atoms with Gasteiger partial charge in [0.15, 0.2) is 5.78 Å². The maximum absolute atomic E-state index is 12.8. The third-order valence-electron chi connectivity index (χ3n) is 3.91. The summed E-state index contributed by atoms with van der Waals surface area (Å²) in [6, 6.07) is 2.77. The number of carbonyl (C=O) groups excluding carboxylic acids is 1. The van der Waals surface area contributed by atoms with E-state index in [-0.39, 0.29) is 11.7 Å². The molecule has 1 saturated heterocycles. The molecule has 20 heavy (non-hydrogen) atoms. The summed E-state index contributed by atoms with van der Waals surface area (Å²) < 4.78 is 12.8. The molecular formula is C16H23FN2O. The zero-order valence-corrected chi connectivity index (χ0v) is 12.1. The van der Waals surface area contributed by atoms with E-state index in [1.54, 1.807) is 0 Å². The maximum atomic E-state index is 12.8. The molecule has 1 aliphatic heterocycles. The molecule has 0 amide bonds. The van der Waals surface area contributed by atoms with E-state index >= 15 is 0 Å². The Labute approximate surface area is 120 Å². The molecule has 2 heterocycles. The summed E-state index contributed by atoms with van der Waals surface area (Å²) in [5.74, 6) is -0.489. The molecule has 1 aromatic rings. The minimum atomic E-state index is -0.405. The average molecular weight is 278 g/mol. The number of hydrogen-bond acceptors (Lipinski definition) is 3. The van der Waals surface area contributed by atoms with Crippen LogP contribution in [0, 0.1) is 11.7 Å². The lowest BCUT2D eigenvalue weighted by Crippen LogP contribution is -2.34. The molecule has 1 aliphatic rings. The van der Waals surface area contributed by atoms with E-state index in [4.69, 9.17) is 0 Å². The van der Waals surface area contributed by atoms with E-state index in [1.165, 1.54) is 44.2 Å². The number of carbonyl (C=O) groups is 1. The monoisotopic (exact) mass is 278 g/mol. The Morgan fingerprint density at radius 3 is 2.50 bits per heavy atom. The van der Waals surface area contributed by atoms with Crippen molar-refractivity contribution in [3.8, 4) is 0 Å². The fraction of sp³-hybridized carbons (Fsp3) is 0.625. The summed E-state index contributed by atoms with van der Waals surface area (Å²) in [6.07, 6.45) is 7.46. The number of rotatable bonds is 4. The number of nitrogens with zero attached hydrogens (tertiary/aromatic N) is 2. The fourth-order valence-corrected chi connectivity index (χ4v) is 2.74. The van der Waals surface area contributed by atoms with Gasteiger partial charge >= 0.3 is 0 Å². The van der Waals surface area contributed by atoms with Gasteiger partial charge in [0, 0.05) is 12.5 Å². The standard InChI is InChI=1S/C16H23FN2O/c1-13(12-19-9-5-3-2-4-6-10-19)16(20)15-8-7-14(17)11-18-15/h7-8,11,13H,2-6,9-10,12H2,1H3. The maximum Gasteiger partial charge on any atom is 0.185 e. The molecule has 3 nitrogen and oxygen atoms in total. The van der Waals surface area contributed by atoms with Gasteiger partial charge in [-0.1, -0.05) is 26.2 Å². The first-order chi connectivity index (χ1) is 9.66. The van der Waals surface area contributed by atoms with Gasteiger partial charge in [-0.15, -0.1) is 0 Å². The van der Waals surface area contributed by atoms with E-state index < -0.39 is 5.82 Å². The van der Waals surface area contributed by atoms with Gasteiger partial charge < -0.3 is 4.90 Å². The van der Waals surface area contributed by atoms with E-state index in [0.717, 1.165) is 25.8 Å². The Kier molecular flexibility index (Phi) is 5.65. The van der Waals surface area contributed by atoms with Crippen LogP contribution in [0.2, 0.25) is 0 Å². The van der Waals surface area contributed by atoms with Crippen LogP contribution in [0.15, 0.2) is 18.3 Å². The summed E-state index contributed by atoms with van der Waals surface area (Å²) in [7, 11) is 0. The molecule has 1 fully saturated rings. The first-order valence-electron chi connectivity index (χ1n) is 7.55. The lowest BCUT2D eigenvalue weighted by Gasteiger charge is -2.26. The zero-order chi connectivity index (χ0) is 14.4. The molecule has 0 aromatic carbocycles. The Balaban J connectivity index is 1.90. The summed E-state index contributed by atoms with van der Waals surface area (Å²) in [4.78, 5) is 18.5. The minimum Gasteiger partial charge on any atom is -0.303 e. The SMILES string of the molecule is CC(CN1CCCCCCC1)C(=O)c1ccc(F)cn1. The second-order valence-corrected chi connectivity index (χ2v) is 5.70. The minimum absolute atomic E-state index is 0.00654. The van der Waals surface area contributed by atoms with Gasteiger partial charge in [0.2, 0.25) is 0 Å². The second kappa shape index (κ2) is 7.48. The highest BCUT2D eigenvalue weighted by Gasteiger charge is 2.20. The van der Waals surface area contributed by atoms with Crippen LogP contribution in [0.1, 0.15) is 49.5 Å². The highest BCUT2D eigenvalue weighted by atomic mass is 19.1. The summed E-state index contributed by atoms with van der Waals surface area (Å²) in [5.41, 5.74) is 0.367. The average Bonchev–Trinajstić information content (AvgIpc) is 2.41. The van der Waals surface area contributed by atoms with Crippen LogP contribution < -0.4 is 0 Å². The Morgan fingerprint density at radius 2 is 1.90 bits per heavy atom. The number of aromatic nitrogens is 1. The highest BCUT2D eigenvalue weighted by molar-refractivity contribution is 5.95. The lowest BCUT2D eigenvalue weighted by atomic mass is 10.0. The molecule has 0 aliphatic carbocycles. The number of ketones is 1. The molecule has 0 spiro atoms. The van der Waals surface area contributed by atoms with E-state index in [1.807, 2.05) is 6.92 Å². The van der Waals surface area contributed by atoms with Crippen LogP contribution in [0.25, 0.3) is 0 Å². The number of pyridine rings is 1. The van der Waals surface area contributed by atoms with E-state index in [2.05, 4.69) is 9.88 Å². The van der Waals surface area contributed by atoms with Crippen molar-refractivity contribution < 1.29 is 9.18 Å². The second-order valence-electron chi connectivity index (χ2n) is 5.70. The summed E-state index contributed by atoms with van der Waals surface area (Å²) >= 11 is 0. The van der Waals surface area contributed by atoms with Gasteiger partial charge in [-0.25, -0.2) is 4.39 Å². The molecule has 1 atom stereocenters. The van der Waals surface area contributed by atoms with Crippen LogP contribution in [-0.2, 0) is 0 Å². The molecule has 0 N–H and O–H groups in total. The smallest absolute Gasteiger partial charge is 0.185 e. The third-order valence-corrected chi connectivity index (χ3v) is 3.91. The number of hydrogen-bond donors (Lipinski definition) is 0. The molecule has 1 aromatic heterocycles. The van der Waals surface area contributed by atoms with Crippen LogP contribution >= 0.6 is 0 Å². The van der Waals surface area contributed by atoms with Gasteiger partial charge in [0.05, 0.1) is 6.20 Å². The molecule has 0 radical (unpaired) electrons. The van der Waals surface area contributed by atoms with Crippen molar-refractivity contribution in [2.75, 3.05) is 19.6 Å².